The molecule has 0 saturated carbocycles. The normalized spacial score (nSPS) is 30.6. The summed E-state index contributed by atoms with van der Waals surface area (Å²) in [6, 6.07) is 0. The van der Waals surface area contributed by atoms with E-state index >= 15 is 0 Å². The Morgan fingerprint density at radius 3 is 2.50 bits per heavy atom. The number of alkyl halides is 1. The molecule has 0 bridgehead atoms. The van der Waals surface area contributed by atoms with Gasteiger partial charge in [-0.3, -0.25) is 0 Å². The van der Waals surface area contributed by atoms with E-state index < -0.39 is 5.67 Å². The van der Waals surface area contributed by atoms with Crippen LogP contribution in [0.25, 0.3) is 0 Å². The first kappa shape index (κ1) is 12.0. The molecule has 0 radical (unpaired) electrons. The van der Waals surface area contributed by atoms with Crippen LogP contribution in [0, 0.1) is 5.41 Å². The molecule has 1 fully saturated rings. The molecule has 0 aliphatic carbocycles. The van der Waals surface area contributed by atoms with E-state index in [1.165, 1.54) is 0 Å². The molecular formula is C12H24FN. The number of likely N-dealkylation sites (tertiary alicyclic amines) is 1. The minimum absolute atomic E-state index is 0.259. The molecule has 14 heavy (non-hydrogen) atoms. The molecule has 2 heteroatoms. The summed E-state index contributed by atoms with van der Waals surface area (Å²) in [4.78, 5) is 2.12. The lowest BCUT2D eigenvalue weighted by Crippen LogP contribution is -2.43. The number of piperidine rings is 1. The van der Waals surface area contributed by atoms with Gasteiger partial charge in [0, 0.05) is 6.54 Å². The van der Waals surface area contributed by atoms with Gasteiger partial charge >= 0.3 is 0 Å². The van der Waals surface area contributed by atoms with Gasteiger partial charge in [-0.2, -0.15) is 0 Å². The van der Waals surface area contributed by atoms with Gasteiger partial charge in [-0.05, 0) is 44.7 Å². The molecule has 0 aromatic heterocycles. The fourth-order valence-corrected chi connectivity index (χ4v) is 2.11. The van der Waals surface area contributed by atoms with Crippen LogP contribution in [0.3, 0.4) is 0 Å². The number of halogens is 1. The molecule has 0 amide bonds. The first-order chi connectivity index (χ1) is 6.31. The molecule has 84 valence electrons. The van der Waals surface area contributed by atoms with Gasteiger partial charge in [-0.15, -0.1) is 0 Å². The van der Waals surface area contributed by atoms with Crippen molar-refractivity contribution in [3.8, 4) is 0 Å². The Kier molecular flexibility index (Phi) is 3.57. The summed E-state index contributed by atoms with van der Waals surface area (Å²) in [6.45, 7) is 8.24. The molecule has 1 rings (SSSR count). The van der Waals surface area contributed by atoms with Gasteiger partial charge < -0.3 is 4.90 Å². The molecule has 1 atom stereocenters. The fourth-order valence-electron chi connectivity index (χ4n) is 2.11. The standard InChI is InChI=1S/C12H24FN/c1-11(2,3)7-8-12(13)6-5-9-14(4)10-12/h5-10H2,1-4H3/t12-/m1/s1. The number of nitrogens with zero attached hydrogens (tertiary/aromatic N) is 1. The van der Waals surface area contributed by atoms with Crippen molar-refractivity contribution in [1.82, 2.24) is 4.90 Å². The SMILES string of the molecule is CN1CCC[C@@](F)(CCC(C)(C)C)C1. The average molecular weight is 201 g/mol. The second kappa shape index (κ2) is 4.18. The molecule has 0 spiro atoms. The van der Waals surface area contributed by atoms with Crippen molar-refractivity contribution in [2.75, 3.05) is 20.1 Å². The Morgan fingerprint density at radius 1 is 1.36 bits per heavy atom. The van der Waals surface area contributed by atoms with E-state index in [9.17, 15) is 4.39 Å². The molecule has 1 saturated heterocycles. The van der Waals surface area contributed by atoms with Crippen LogP contribution < -0.4 is 0 Å². The van der Waals surface area contributed by atoms with Crippen molar-refractivity contribution in [3.63, 3.8) is 0 Å². The van der Waals surface area contributed by atoms with E-state index in [1.807, 2.05) is 7.05 Å². The molecule has 0 aromatic rings. The van der Waals surface area contributed by atoms with Crippen LogP contribution in [-0.2, 0) is 0 Å². The highest BCUT2D eigenvalue weighted by molar-refractivity contribution is 4.87. The van der Waals surface area contributed by atoms with Crippen molar-refractivity contribution in [2.24, 2.45) is 5.41 Å². The summed E-state index contributed by atoms with van der Waals surface area (Å²) < 4.78 is 14.3. The molecule has 1 aliphatic heterocycles. The van der Waals surface area contributed by atoms with Gasteiger partial charge in [0.1, 0.15) is 5.67 Å². The van der Waals surface area contributed by atoms with Gasteiger partial charge in [0.2, 0.25) is 0 Å². The number of hydrogen-bond acceptors (Lipinski definition) is 1. The van der Waals surface area contributed by atoms with Crippen molar-refractivity contribution in [1.29, 1.82) is 0 Å². The van der Waals surface area contributed by atoms with E-state index in [0.29, 0.717) is 6.54 Å². The van der Waals surface area contributed by atoms with Crippen LogP contribution in [0.2, 0.25) is 0 Å². The predicted octanol–water partition coefficient (Wildman–Crippen LogP) is 3.25. The largest absolute Gasteiger partial charge is 0.303 e. The van der Waals surface area contributed by atoms with Crippen LogP contribution in [-0.4, -0.2) is 30.7 Å². The van der Waals surface area contributed by atoms with Gasteiger partial charge in [0.05, 0.1) is 0 Å². The minimum atomic E-state index is -0.916. The second-order valence-electron chi connectivity index (χ2n) is 6.05. The van der Waals surface area contributed by atoms with Crippen LogP contribution in [0.4, 0.5) is 4.39 Å². The van der Waals surface area contributed by atoms with E-state index in [-0.39, 0.29) is 5.41 Å². The highest BCUT2D eigenvalue weighted by Gasteiger charge is 2.34. The van der Waals surface area contributed by atoms with Crippen molar-refractivity contribution in [3.05, 3.63) is 0 Å². The molecule has 0 aromatic carbocycles. The maximum Gasteiger partial charge on any atom is 0.123 e. The van der Waals surface area contributed by atoms with E-state index in [0.717, 1.165) is 32.2 Å². The Balaban J connectivity index is 2.41. The van der Waals surface area contributed by atoms with Crippen LogP contribution >= 0.6 is 0 Å². The van der Waals surface area contributed by atoms with Crippen LogP contribution in [0.15, 0.2) is 0 Å². The third kappa shape index (κ3) is 3.95. The zero-order valence-corrected chi connectivity index (χ0v) is 10.1. The Labute approximate surface area is 87.7 Å². The van der Waals surface area contributed by atoms with E-state index in [1.54, 1.807) is 0 Å². The molecule has 1 heterocycles. The quantitative estimate of drug-likeness (QED) is 0.663. The first-order valence-electron chi connectivity index (χ1n) is 5.68. The summed E-state index contributed by atoms with van der Waals surface area (Å²) in [7, 11) is 2.02. The van der Waals surface area contributed by atoms with Crippen molar-refractivity contribution < 1.29 is 4.39 Å². The Bertz CT molecular complexity index is 185. The molecule has 0 N–H and O–H groups in total. The molecule has 1 nitrogen and oxygen atoms in total. The fraction of sp³-hybridized carbons (Fsp3) is 1.00. The lowest BCUT2D eigenvalue weighted by atomic mass is 9.82. The molecule has 0 unspecified atom stereocenters. The highest BCUT2D eigenvalue weighted by atomic mass is 19.1. The summed E-state index contributed by atoms with van der Waals surface area (Å²) in [6.07, 6.45) is 3.47. The molecule has 1 aliphatic rings. The van der Waals surface area contributed by atoms with Gasteiger partial charge in [0.25, 0.3) is 0 Å². The molecular weight excluding hydrogens is 177 g/mol. The third-order valence-electron chi connectivity index (χ3n) is 3.04. The van der Waals surface area contributed by atoms with Crippen molar-refractivity contribution >= 4 is 0 Å². The first-order valence-corrected chi connectivity index (χ1v) is 5.68. The summed E-state index contributed by atoms with van der Waals surface area (Å²) in [5.74, 6) is 0. The van der Waals surface area contributed by atoms with Gasteiger partial charge in [-0.25, -0.2) is 4.39 Å². The topological polar surface area (TPSA) is 3.24 Å². The van der Waals surface area contributed by atoms with Crippen LogP contribution in [0.5, 0.6) is 0 Å². The predicted molar refractivity (Wildman–Crippen MR) is 59.3 cm³/mol. The minimum Gasteiger partial charge on any atom is -0.303 e. The smallest absolute Gasteiger partial charge is 0.123 e. The monoisotopic (exact) mass is 201 g/mol. The second-order valence-corrected chi connectivity index (χ2v) is 6.05. The van der Waals surface area contributed by atoms with E-state index in [4.69, 9.17) is 0 Å². The Hall–Kier alpha value is -0.110. The lowest BCUT2D eigenvalue weighted by Gasteiger charge is -2.36. The summed E-state index contributed by atoms with van der Waals surface area (Å²) in [5, 5.41) is 0. The van der Waals surface area contributed by atoms with Gasteiger partial charge in [0.15, 0.2) is 0 Å². The third-order valence-corrected chi connectivity index (χ3v) is 3.04. The summed E-state index contributed by atoms with van der Waals surface area (Å²) >= 11 is 0. The van der Waals surface area contributed by atoms with E-state index in [2.05, 4.69) is 25.7 Å². The van der Waals surface area contributed by atoms with Crippen molar-refractivity contribution in [2.45, 2.75) is 52.1 Å². The average Bonchev–Trinajstić information content (AvgIpc) is 1.99. The number of hydrogen-bond donors (Lipinski definition) is 0. The maximum absolute atomic E-state index is 14.3. The summed E-state index contributed by atoms with van der Waals surface area (Å²) in [5.41, 5.74) is -0.657. The Morgan fingerprint density at radius 2 is 2.00 bits per heavy atom. The zero-order chi connectivity index (χ0) is 10.8. The lowest BCUT2D eigenvalue weighted by molar-refractivity contribution is 0.0410. The number of rotatable bonds is 2. The van der Waals surface area contributed by atoms with Crippen LogP contribution in [0.1, 0.15) is 46.5 Å². The highest BCUT2D eigenvalue weighted by Crippen LogP contribution is 2.33. The maximum atomic E-state index is 14.3. The zero-order valence-electron chi connectivity index (χ0n) is 10.1. The van der Waals surface area contributed by atoms with Gasteiger partial charge in [-0.1, -0.05) is 20.8 Å².